The molecule has 0 spiro atoms. The minimum absolute atomic E-state index is 0.0530. The number of rotatable bonds is 6. The zero-order valence-electron chi connectivity index (χ0n) is 21.4. The molecule has 2 heterocycles. The molecule has 0 aliphatic rings. The van der Waals surface area contributed by atoms with Crippen LogP contribution in [0.4, 0.5) is 17.6 Å². The van der Waals surface area contributed by atoms with Gasteiger partial charge in [-0.1, -0.05) is 88.4 Å². The Bertz CT molecular complexity index is 1480. The van der Waals surface area contributed by atoms with Crippen molar-refractivity contribution in [3.8, 4) is 43.1 Å². The van der Waals surface area contributed by atoms with Crippen molar-refractivity contribution in [2.45, 2.75) is 39.5 Å². The standard InChI is InChI=1S/C32H26F4S2/c1-17(2)31-21(15-23(37-31)19-11-7-5-8-12-19)25-26(28(34)30(36)29(35)27(25)33)22-16-24(38-32(22)18(3)4)20-13-9-6-10-14-20/h5-18H,1-4H3. The zero-order valence-corrected chi connectivity index (χ0v) is 23.0. The lowest BCUT2D eigenvalue weighted by atomic mass is 9.89. The Labute approximate surface area is 228 Å². The van der Waals surface area contributed by atoms with Crippen molar-refractivity contribution in [1.82, 2.24) is 0 Å². The molecule has 6 heteroatoms. The highest BCUT2D eigenvalue weighted by molar-refractivity contribution is 7.16. The molecule has 0 amide bonds. The van der Waals surface area contributed by atoms with E-state index in [0.717, 1.165) is 30.6 Å². The summed E-state index contributed by atoms with van der Waals surface area (Å²) in [5, 5.41) is 0. The van der Waals surface area contributed by atoms with E-state index in [1.165, 1.54) is 22.7 Å². The fourth-order valence-corrected chi connectivity index (χ4v) is 7.03. The Balaban J connectivity index is 1.85. The molecule has 194 valence electrons. The predicted molar refractivity (Wildman–Crippen MR) is 152 cm³/mol. The van der Waals surface area contributed by atoms with E-state index in [1.54, 1.807) is 12.1 Å². The van der Waals surface area contributed by atoms with E-state index in [9.17, 15) is 8.78 Å². The first-order chi connectivity index (χ1) is 18.2. The largest absolute Gasteiger partial charge is 0.203 e. The molecule has 38 heavy (non-hydrogen) atoms. The molecule has 0 fully saturated rings. The summed E-state index contributed by atoms with van der Waals surface area (Å²) in [6, 6.07) is 22.7. The molecule has 2 aromatic heterocycles. The molecule has 0 saturated heterocycles. The van der Waals surface area contributed by atoms with Crippen LogP contribution >= 0.6 is 22.7 Å². The third-order valence-electron chi connectivity index (χ3n) is 6.49. The Morgan fingerprint density at radius 1 is 0.500 bits per heavy atom. The SMILES string of the molecule is CC(C)c1sc(-c2ccccc2)cc1-c1c(F)c(F)c(F)c(F)c1-c1cc(-c2ccccc2)sc1C(C)C. The molecule has 0 atom stereocenters. The number of hydrogen-bond donors (Lipinski definition) is 0. The number of hydrogen-bond acceptors (Lipinski definition) is 2. The van der Waals surface area contributed by atoms with Gasteiger partial charge in [-0.2, -0.15) is 0 Å². The molecule has 3 aromatic carbocycles. The lowest BCUT2D eigenvalue weighted by Crippen LogP contribution is -2.05. The fraction of sp³-hybridized carbons (Fsp3) is 0.188. The maximum atomic E-state index is 15.8. The zero-order chi connectivity index (χ0) is 27.1. The molecule has 0 saturated carbocycles. The first-order valence-corrected chi connectivity index (χ1v) is 14.1. The average molecular weight is 551 g/mol. The Morgan fingerprint density at radius 3 is 1.16 bits per heavy atom. The summed E-state index contributed by atoms with van der Waals surface area (Å²) < 4.78 is 61.3. The van der Waals surface area contributed by atoms with Crippen LogP contribution in [0, 0.1) is 23.3 Å². The van der Waals surface area contributed by atoms with E-state index in [4.69, 9.17) is 0 Å². The van der Waals surface area contributed by atoms with Gasteiger partial charge >= 0.3 is 0 Å². The predicted octanol–water partition coefficient (Wildman–Crippen LogP) is 11.3. The minimum atomic E-state index is -1.80. The van der Waals surface area contributed by atoms with Crippen molar-refractivity contribution in [3.63, 3.8) is 0 Å². The highest BCUT2D eigenvalue weighted by Crippen LogP contribution is 2.50. The molecule has 0 radical (unpaired) electrons. The number of halogens is 4. The van der Waals surface area contributed by atoms with Gasteiger partial charge in [-0.3, -0.25) is 0 Å². The van der Waals surface area contributed by atoms with Crippen LogP contribution < -0.4 is 0 Å². The van der Waals surface area contributed by atoms with Gasteiger partial charge in [0.15, 0.2) is 23.3 Å². The topological polar surface area (TPSA) is 0 Å². The second-order valence-corrected chi connectivity index (χ2v) is 12.0. The first-order valence-electron chi connectivity index (χ1n) is 12.4. The van der Waals surface area contributed by atoms with Crippen LogP contribution in [0.2, 0.25) is 0 Å². The van der Waals surface area contributed by atoms with Crippen LogP contribution in [-0.2, 0) is 0 Å². The second kappa shape index (κ2) is 10.5. The van der Waals surface area contributed by atoms with Gasteiger partial charge in [0.1, 0.15) is 0 Å². The third-order valence-corrected chi connectivity index (χ3v) is 9.46. The lowest BCUT2D eigenvalue weighted by Gasteiger charge is -2.17. The van der Waals surface area contributed by atoms with Crippen LogP contribution in [0.5, 0.6) is 0 Å². The van der Waals surface area contributed by atoms with Crippen molar-refractivity contribution in [2.24, 2.45) is 0 Å². The summed E-state index contributed by atoms with van der Waals surface area (Å²) in [4.78, 5) is 3.25. The minimum Gasteiger partial charge on any atom is -0.203 e. The summed E-state index contributed by atoms with van der Waals surface area (Å²) in [5.41, 5.74) is 2.14. The van der Waals surface area contributed by atoms with Gasteiger partial charge in [-0.25, -0.2) is 17.6 Å². The van der Waals surface area contributed by atoms with Crippen LogP contribution in [0.1, 0.15) is 49.3 Å². The molecule has 5 aromatic rings. The highest BCUT2D eigenvalue weighted by Gasteiger charge is 2.32. The van der Waals surface area contributed by atoms with Crippen LogP contribution in [0.15, 0.2) is 72.8 Å². The Kier molecular flexibility index (Phi) is 7.30. The van der Waals surface area contributed by atoms with Crippen molar-refractivity contribution < 1.29 is 17.6 Å². The summed E-state index contributed by atoms with van der Waals surface area (Å²) in [7, 11) is 0. The number of thiophene rings is 2. The van der Waals surface area contributed by atoms with Gasteiger partial charge in [0.25, 0.3) is 0 Å². The first kappa shape index (κ1) is 26.4. The Morgan fingerprint density at radius 2 is 0.842 bits per heavy atom. The molecule has 0 N–H and O–H groups in total. The van der Waals surface area contributed by atoms with Crippen molar-refractivity contribution in [1.29, 1.82) is 0 Å². The maximum Gasteiger partial charge on any atom is 0.198 e. The van der Waals surface area contributed by atoms with Gasteiger partial charge in [0.2, 0.25) is 0 Å². The van der Waals surface area contributed by atoms with Crippen LogP contribution in [0.25, 0.3) is 43.1 Å². The van der Waals surface area contributed by atoms with E-state index in [1.807, 2.05) is 88.4 Å². The summed E-state index contributed by atoms with van der Waals surface area (Å²) >= 11 is 2.91. The van der Waals surface area contributed by atoms with Crippen molar-refractivity contribution >= 4 is 22.7 Å². The number of benzene rings is 3. The molecule has 0 aliphatic carbocycles. The van der Waals surface area contributed by atoms with Gasteiger partial charge in [-0.15, -0.1) is 22.7 Å². The van der Waals surface area contributed by atoms with E-state index in [-0.39, 0.29) is 23.0 Å². The van der Waals surface area contributed by atoms with E-state index in [0.29, 0.717) is 11.1 Å². The van der Waals surface area contributed by atoms with E-state index >= 15 is 8.78 Å². The van der Waals surface area contributed by atoms with E-state index < -0.39 is 23.3 Å². The fourth-order valence-electron chi connectivity index (χ4n) is 4.69. The quantitative estimate of drug-likeness (QED) is 0.112. The van der Waals surface area contributed by atoms with Crippen molar-refractivity contribution in [2.75, 3.05) is 0 Å². The third kappa shape index (κ3) is 4.61. The van der Waals surface area contributed by atoms with Gasteiger partial charge in [0.05, 0.1) is 0 Å². The summed E-state index contributed by atoms with van der Waals surface area (Å²) in [5.74, 6) is -6.45. The molecule has 5 rings (SSSR count). The van der Waals surface area contributed by atoms with Gasteiger partial charge < -0.3 is 0 Å². The monoisotopic (exact) mass is 550 g/mol. The molecular formula is C32H26F4S2. The highest BCUT2D eigenvalue weighted by atomic mass is 32.1. The van der Waals surface area contributed by atoms with Gasteiger partial charge in [0, 0.05) is 41.8 Å². The summed E-state index contributed by atoms with van der Waals surface area (Å²) in [6.07, 6.45) is 0. The molecule has 0 nitrogen and oxygen atoms in total. The molecule has 0 bridgehead atoms. The van der Waals surface area contributed by atoms with E-state index in [2.05, 4.69) is 0 Å². The van der Waals surface area contributed by atoms with Gasteiger partial charge in [-0.05, 0) is 35.1 Å². The normalized spacial score (nSPS) is 11.6. The molecule has 0 unspecified atom stereocenters. The molecular weight excluding hydrogens is 524 g/mol. The summed E-state index contributed by atoms with van der Waals surface area (Å²) in [6.45, 7) is 7.82. The molecule has 0 aliphatic heterocycles. The smallest absolute Gasteiger partial charge is 0.198 e. The average Bonchev–Trinajstić information content (AvgIpc) is 3.56. The van der Waals surface area contributed by atoms with Crippen LogP contribution in [-0.4, -0.2) is 0 Å². The van der Waals surface area contributed by atoms with Crippen LogP contribution in [0.3, 0.4) is 0 Å². The van der Waals surface area contributed by atoms with Crippen molar-refractivity contribution in [3.05, 3.63) is 106 Å². The lowest BCUT2D eigenvalue weighted by molar-refractivity contribution is 0.412. The second-order valence-electron chi connectivity index (χ2n) is 9.82. The maximum absolute atomic E-state index is 15.8. The Hall–Kier alpha value is -3.22.